The van der Waals surface area contributed by atoms with E-state index in [2.05, 4.69) is 5.32 Å². The summed E-state index contributed by atoms with van der Waals surface area (Å²) in [4.78, 5) is 24.3. The standard InChI is InChI=1S/C13H16N2O5/c1-7-2-3-9(8(4-7)12(18)19)14-13(20)15-5-10(16)11(17)6-15/h2-4,10-11,16-17H,5-6H2,1H3,(H,14,20)(H,18,19). The number of likely N-dealkylation sites (tertiary alicyclic amines) is 1. The van der Waals surface area contributed by atoms with Gasteiger partial charge >= 0.3 is 12.0 Å². The van der Waals surface area contributed by atoms with Crippen LogP contribution in [-0.2, 0) is 0 Å². The van der Waals surface area contributed by atoms with Crippen LogP contribution in [0, 0.1) is 6.92 Å². The van der Waals surface area contributed by atoms with Crippen LogP contribution in [0.5, 0.6) is 0 Å². The second-order valence-electron chi connectivity index (χ2n) is 4.82. The molecule has 0 aromatic heterocycles. The molecule has 2 unspecified atom stereocenters. The molecule has 1 aliphatic rings. The number of benzene rings is 1. The van der Waals surface area contributed by atoms with Crippen LogP contribution in [0.4, 0.5) is 10.5 Å². The van der Waals surface area contributed by atoms with Gasteiger partial charge in [-0.1, -0.05) is 11.6 Å². The number of aliphatic hydroxyl groups excluding tert-OH is 2. The highest BCUT2D eigenvalue weighted by atomic mass is 16.4. The Balaban J connectivity index is 2.14. The number of hydrogen-bond acceptors (Lipinski definition) is 4. The summed E-state index contributed by atoms with van der Waals surface area (Å²) < 4.78 is 0. The average molecular weight is 280 g/mol. The van der Waals surface area contributed by atoms with Gasteiger partial charge in [-0.05, 0) is 19.1 Å². The van der Waals surface area contributed by atoms with E-state index in [0.717, 1.165) is 5.56 Å². The van der Waals surface area contributed by atoms with Crippen LogP contribution in [0.2, 0.25) is 0 Å². The first-order valence-electron chi connectivity index (χ1n) is 6.14. The van der Waals surface area contributed by atoms with Crippen LogP contribution in [-0.4, -0.2) is 57.5 Å². The number of carbonyl (C=O) groups is 2. The molecule has 7 heteroatoms. The van der Waals surface area contributed by atoms with Crippen molar-refractivity contribution >= 4 is 17.7 Å². The van der Waals surface area contributed by atoms with Crippen LogP contribution in [0.1, 0.15) is 15.9 Å². The number of nitrogens with one attached hydrogen (secondary N) is 1. The highest BCUT2D eigenvalue weighted by Gasteiger charge is 2.32. The molecule has 1 fully saturated rings. The summed E-state index contributed by atoms with van der Waals surface area (Å²) in [5.74, 6) is -1.13. The minimum Gasteiger partial charge on any atom is -0.478 e. The van der Waals surface area contributed by atoms with E-state index in [0.29, 0.717) is 0 Å². The number of aliphatic hydroxyl groups is 2. The highest BCUT2D eigenvalue weighted by Crippen LogP contribution is 2.19. The van der Waals surface area contributed by atoms with Gasteiger partial charge in [-0.25, -0.2) is 9.59 Å². The summed E-state index contributed by atoms with van der Waals surface area (Å²) in [6.45, 7) is 1.79. The van der Waals surface area contributed by atoms with Gasteiger partial charge in [0.05, 0.1) is 36.5 Å². The Morgan fingerprint density at radius 2 is 1.85 bits per heavy atom. The molecule has 2 amide bonds. The predicted octanol–water partition coefficient (Wildman–Crippen LogP) is 0.263. The number of nitrogens with zero attached hydrogens (tertiary/aromatic N) is 1. The highest BCUT2D eigenvalue weighted by molar-refractivity contribution is 6.00. The van der Waals surface area contributed by atoms with Gasteiger partial charge in [0.1, 0.15) is 0 Å². The van der Waals surface area contributed by atoms with Crippen molar-refractivity contribution < 1.29 is 24.9 Å². The molecule has 0 aliphatic carbocycles. The van der Waals surface area contributed by atoms with Gasteiger partial charge in [-0.2, -0.15) is 0 Å². The number of aryl methyl sites for hydroxylation is 1. The summed E-state index contributed by atoms with van der Waals surface area (Å²) >= 11 is 0. The van der Waals surface area contributed by atoms with Crippen molar-refractivity contribution in [2.24, 2.45) is 0 Å². The van der Waals surface area contributed by atoms with Gasteiger partial charge in [0, 0.05) is 0 Å². The molecular weight excluding hydrogens is 264 g/mol. The zero-order chi connectivity index (χ0) is 14.9. The number of carboxylic acids is 1. The molecule has 108 valence electrons. The van der Waals surface area contributed by atoms with Crippen molar-refractivity contribution in [3.8, 4) is 0 Å². The zero-order valence-corrected chi connectivity index (χ0v) is 10.9. The Kier molecular flexibility index (Phi) is 3.91. The summed E-state index contributed by atoms with van der Waals surface area (Å²) in [6.07, 6.45) is -1.95. The number of carboxylic acid groups (broad SMARTS) is 1. The van der Waals surface area contributed by atoms with Crippen molar-refractivity contribution in [1.29, 1.82) is 0 Å². The minimum absolute atomic E-state index is 0.00126. The Labute approximate surface area is 115 Å². The van der Waals surface area contributed by atoms with Crippen molar-refractivity contribution in [1.82, 2.24) is 4.90 Å². The summed E-state index contributed by atoms with van der Waals surface area (Å²) in [7, 11) is 0. The lowest BCUT2D eigenvalue weighted by Crippen LogP contribution is -2.34. The smallest absolute Gasteiger partial charge is 0.337 e. The van der Waals surface area contributed by atoms with Crippen LogP contribution in [0.25, 0.3) is 0 Å². The van der Waals surface area contributed by atoms with Gasteiger partial charge in [0.2, 0.25) is 0 Å². The Bertz CT molecular complexity index is 536. The van der Waals surface area contributed by atoms with Crippen molar-refractivity contribution in [3.05, 3.63) is 29.3 Å². The lowest BCUT2D eigenvalue weighted by Gasteiger charge is -2.17. The monoisotopic (exact) mass is 280 g/mol. The third kappa shape index (κ3) is 2.89. The van der Waals surface area contributed by atoms with Gasteiger partial charge < -0.3 is 25.5 Å². The molecule has 0 radical (unpaired) electrons. The van der Waals surface area contributed by atoms with E-state index < -0.39 is 24.2 Å². The van der Waals surface area contributed by atoms with Crippen molar-refractivity contribution in [2.75, 3.05) is 18.4 Å². The van der Waals surface area contributed by atoms with E-state index in [1.807, 2.05) is 0 Å². The van der Waals surface area contributed by atoms with E-state index >= 15 is 0 Å². The summed E-state index contributed by atoms with van der Waals surface area (Å²) in [6, 6.07) is 4.12. The first-order chi connectivity index (χ1) is 9.38. The Hall–Kier alpha value is -2.12. The molecule has 1 aromatic rings. The van der Waals surface area contributed by atoms with Crippen LogP contribution >= 0.6 is 0 Å². The second kappa shape index (κ2) is 5.48. The maximum Gasteiger partial charge on any atom is 0.337 e. The fraction of sp³-hybridized carbons (Fsp3) is 0.385. The van der Waals surface area contributed by atoms with Gasteiger partial charge in [0.25, 0.3) is 0 Å². The maximum absolute atomic E-state index is 12.0. The van der Waals surface area contributed by atoms with Gasteiger partial charge in [0.15, 0.2) is 0 Å². The summed E-state index contributed by atoms with van der Waals surface area (Å²) in [5, 5.41) is 30.4. The summed E-state index contributed by atoms with van der Waals surface area (Å²) in [5.41, 5.74) is 0.954. The van der Waals surface area contributed by atoms with E-state index in [1.54, 1.807) is 13.0 Å². The number of carbonyl (C=O) groups excluding carboxylic acids is 1. The molecule has 20 heavy (non-hydrogen) atoms. The lowest BCUT2D eigenvalue weighted by atomic mass is 10.1. The number of amides is 2. The second-order valence-corrected chi connectivity index (χ2v) is 4.82. The first-order valence-corrected chi connectivity index (χ1v) is 6.14. The number of hydrogen-bond donors (Lipinski definition) is 4. The minimum atomic E-state index is -1.13. The third-order valence-electron chi connectivity index (χ3n) is 3.19. The molecule has 7 nitrogen and oxygen atoms in total. The molecule has 0 saturated carbocycles. The van der Waals surface area contributed by atoms with E-state index in [-0.39, 0.29) is 24.3 Å². The van der Waals surface area contributed by atoms with Crippen molar-refractivity contribution in [2.45, 2.75) is 19.1 Å². The van der Waals surface area contributed by atoms with Crippen LogP contribution < -0.4 is 5.32 Å². The fourth-order valence-electron chi connectivity index (χ4n) is 2.07. The fourth-order valence-corrected chi connectivity index (χ4v) is 2.07. The third-order valence-corrected chi connectivity index (χ3v) is 3.19. The van der Waals surface area contributed by atoms with E-state index in [9.17, 15) is 19.8 Å². The molecule has 2 atom stereocenters. The number of aromatic carboxylic acids is 1. The SMILES string of the molecule is Cc1ccc(NC(=O)N2CC(O)C(O)C2)c(C(=O)O)c1. The van der Waals surface area contributed by atoms with Crippen LogP contribution in [0.3, 0.4) is 0 Å². The molecule has 1 saturated heterocycles. The Morgan fingerprint density at radius 1 is 1.25 bits per heavy atom. The van der Waals surface area contributed by atoms with Gasteiger partial charge in [-0.15, -0.1) is 0 Å². The lowest BCUT2D eigenvalue weighted by molar-refractivity contribution is 0.0572. The number of rotatable bonds is 2. The normalized spacial score (nSPS) is 21.9. The average Bonchev–Trinajstić information content (AvgIpc) is 2.71. The quantitative estimate of drug-likeness (QED) is 0.621. The molecule has 0 spiro atoms. The molecule has 0 bridgehead atoms. The topological polar surface area (TPSA) is 110 Å². The Morgan fingerprint density at radius 3 is 2.40 bits per heavy atom. The maximum atomic E-state index is 12.0. The number of β-amino-alcohol motifs (C(OH)–C–C–N with tert-alkyl or cyclic N) is 2. The predicted molar refractivity (Wildman–Crippen MR) is 70.7 cm³/mol. The largest absolute Gasteiger partial charge is 0.478 e. The van der Waals surface area contributed by atoms with E-state index in [4.69, 9.17) is 5.11 Å². The van der Waals surface area contributed by atoms with Crippen LogP contribution in [0.15, 0.2) is 18.2 Å². The number of urea groups is 1. The zero-order valence-electron chi connectivity index (χ0n) is 10.9. The first kappa shape index (κ1) is 14.3. The van der Waals surface area contributed by atoms with Crippen molar-refractivity contribution in [3.63, 3.8) is 0 Å². The molecule has 1 aliphatic heterocycles. The molecular formula is C13H16N2O5. The van der Waals surface area contributed by atoms with Gasteiger partial charge in [-0.3, -0.25) is 0 Å². The van der Waals surface area contributed by atoms with E-state index in [1.165, 1.54) is 17.0 Å². The number of anilines is 1. The molecule has 1 heterocycles. The molecule has 2 rings (SSSR count). The molecule has 1 aromatic carbocycles. The molecule has 4 N–H and O–H groups in total.